The van der Waals surface area contributed by atoms with Gasteiger partial charge in [0.2, 0.25) is 0 Å². The Morgan fingerprint density at radius 3 is 2.56 bits per heavy atom. The lowest BCUT2D eigenvalue weighted by Gasteiger charge is -2.10. The maximum atomic E-state index is 10.4. The van der Waals surface area contributed by atoms with Gasteiger partial charge in [0.1, 0.15) is 6.10 Å². The first kappa shape index (κ1) is 10.8. The van der Waals surface area contributed by atoms with Gasteiger partial charge in [0.05, 0.1) is 5.71 Å². The number of oxime groups is 1. The SMILES string of the molecule is CC(C)C1CC(c2ccc([NH+]=O)cc2)=NO1. The van der Waals surface area contributed by atoms with E-state index in [4.69, 9.17) is 4.84 Å². The van der Waals surface area contributed by atoms with E-state index in [2.05, 4.69) is 19.0 Å². The van der Waals surface area contributed by atoms with Crippen LogP contribution in [0.2, 0.25) is 0 Å². The molecule has 0 aliphatic carbocycles. The van der Waals surface area contributed by atoms with E-state index < -0.39 is 0 Å². The van der Waals surface area contributed by atoms with Crippen molar-refractivity contribution < 1.29 is 10.0 Å². The van der Waals surface area contributed by atoms with Crippen LogP contribution < -0.4 is 5.18 Å². The molecule has 0 aromatic heterocycles. The Morgan fingerprint density at radius 2 is 2.06 bits per heavy atom. The summed E-state index contributed by atoms with van der Waals surface area (Å²) >= 11 is 0. The summed E-state index contributed by atoms with van der Waals surface area (Å²) in [6.45, 7) is 4.24. The van der Waals surface area contributed by atoms with Gasteiger partial charge in [-0.25, -0.2) is 0 Å². The van der Waals surface area contributed by atoms with Gasteiger partial charge in [0.25, 0.3) is 5.69 Å². The Morgan fingerprint density at radius 1 is 1.38 bits per heavy atom. The molecule has 0 spiro atoms. The molecule has 84 valence electrons. The van der Waals surface area contributed by atoms with Crippen LogP contribution in [0.1, 0.15) is 25.8 Å². The first-order valence-corrected chi connectivity index (χ1v) is 5.42. The van der Waals surface area contributed by atoms with Crippen molar-refractivity contribution in [1.82, 2.24) is 0 Å². The van der Waals surface area contributed by atoms with Crippen molar-refractivity contribution in [2.45, 2.75) is 26.4 Å². The van der Waals surface area contributed by atoms with Gasteiger partial charge < -0.3 is 4.84 Å². The second-order valence-corrected chi connectivity index (χ2v) is 4.31. The van der Waals surface area contributed by atoms with Crippen molar-refractivity contribution in [3.8, 4) is 0 Å². The predicted molar refractivity (Wildman–Crippen MR) is 61.3 cm³/mol. The third-order valence-electron chi connectivity index (χ3n) is 2.77. The molecular weight excluding hydrogens is 204 g/mol. The summed E-state index contributed by atoms with van der Waals surface area (Å²) in [6.07, 6.45) is 1.01. The second-order valence-electron chi connectivity index (χ2n) is 4.31. The highest BCUT2D eigenvalue weighted by Crippen LogP contribution is 2.22. The monoisotopic (exact) mass is 219 g/mol. The summed E-state index contributed by atoms with van der Waals surface area (Å²) in [5, 5.41) is 5.93. The zero-order valence-electron chi connectivity index (χ0n) is 9.43. The van der Waals surface area contributed by atoms with Crippen LogP contribution in [-0.2, 0) is 4.84 Å². The average molecular weight is 219 g/mol. The Labute approximate surface area is 94.3 Å². The van der Waals surface area contributed by atoms with E-state index in [1.54, 1.807) is 12.1 Å². The number of hydrogen-bond donors (Lipinski definition) is 1. The fraction of sp³-hybridized carbons (Fsp3) is 0.417. The molecule has 0 bridgehead atoms. The molecule has 1 heterocycles. The molecule has 0 fully saturated rings. The van der Waals surface area contributed by atoms with Crippen molar-refractivity contribution >= 4 is 11.4 Å². The smallest absolute Gasteiger partial charge is 0.253 e. The van der Waals surface area contributed by atoms with Crippen LogP contribution in [0.25, 0.3) is 0 Å². The lowest BCUT2D eigenvalue weighted by atomic mass is 9.98. The van der Waals surface area contributed by atoms with Crippen molar-refractivity contribution in [1.29, 1.82) is 0 Å². The van der Waals surface area contributed by atoms with Crippen molar-refractivity contribution in [3.05, 3.63) is 34.7 Å². The van der Waals surface area contributed by atoms with Crippen molar-refractivity contribution in [2.75, 3.05) is 0 Å². The third-order valence-corrected chi connectivity index (χ3v) is 2.77. The van der Waals surface area contributed by atoms with Crippen LogP contribution in [0.3, 0.4) is 0 Å². The normalized spacial score (nSPS) is 19.4. The molecule has 16 heavy (non-hydrogen) atoms. The predicted octanol–water partition coefficient (Wildman–Crippen LogP) is 1.31. The fourth-order valence-corrected chi connectivity index (χ4v) is 1.66. The number of rotatable bonds is 3. The first-order chi connectivity index (χ1) is 7.70. The summed E-state index contributed by atoms with van der Waals surface area (Å²) in [4.78, 5) is 15.7. The standard InChI is InChI=1S/C12H14N2O2/c1-8(2)12-7-11(14-16-12)9-3-5-10(13-15)6-4-9/h3-6,8,12H,7H2,1-2H3/p+1. The molecule has 0 saturated heterocycles. The van der Waals surface area contributed by atoms with Gasteiger partial charge in [0, 0.05) is 28.6 Å². The topological polar surface area (TPSA) is 52.6 Å². The van der Waals surface area contributed by atoms with E-state index in [0.29, 0.717) is 11.6 Å². The van der Waals surface area contributed by atoms with Gasteiger partial charge in [-0.05, 0) is 23.6 Å². The molecule has 2 rings (SSSR count). The van der Waals surface area contributed by atoms with E-state index in [1.165, 1.54) is 0 Å². The minimum Gasteiger partial charge on any atom is -0.392 e. The summed E-state index contributed by atoms with van der Waals surface area (Å²) < 4.78 is 0. The number of nitroso groups, excluding NO2 is 1. The maximum absolute atomic E-state index is 10.4. The van der Waals surface area contributed by atoms with Crippen LogP contribution >= 0.6 is 0 Å². The minimum absolute atomic E-state index is 0.173. The molecule has 0 radical (unpaired) electrons. The molecule has 1 aromatic carbocycles. The second kappa shape index (κ2) is 4.43. The minimum atomic E-state index is 0.173. The molecule has 1 N–H and O–H groups in total. The van der Waals surface area contributed by atoms with Gasteiger partial charge in [-0.3, -0.25) is 0 Å². The summed E-state index contributed by atoms with van der Waals surface area (Å²) in [7, 11) is 0. The van der Waals surface area contributed by atoms with Gasteiger partial charge in [-0.2, -0.15) is 0 Å². The number of benzene rings is 1. The molecule has 0 amide bonds. The van der Waals surface area contributed by atoms with Gasteiger partial charge in [-0.15, -0.1) is 0 Å². The number of hydrogen-bond acceptors (Lipinski definition) is 3. The Hall–Kier alpha value is -1.71. The molecule has 1 atom stereocenters. The fourth-order valence-electron chi connectivity index (χ4n) is 1.66. The molecule has 1 aliphatic heterocycles. The number of nitrogens with zero attached hydrogens (tertiary/aromatic N) is 1. The van der Waals surface area contributed by atoms with E-state index >= 15 is 0 Å². The largest absolute Gasteiger partial charge is 0.392 e. The van der Waals surface area contributed by atoms with E-state index in [9.17, 15) is 4.91 Å². The van der Waals surface area contributed by atoms with Crippen molar-refractivity contribution in [3.63, 3.8) is 0 Å². The molecule has 4 heteroatoms. The molecule has 1 aliphatic rings. The highest BCUT2D eigenvalue weighted by Gasteiger charge is 2.24. The number of nitrogens with one attached hydrogen (secondary N) is 1. The van der Waals surface area contributed by atoms with Crippen LogP contribution in [-0.4, -0.2) is 11.8 Å². The Kier molecular flexibility index (Phi) is 2.99. The summed E-state index contributed by atoms with van der Waals surface area (Å²) in [5.74, 6) is 0.462. The van der Waals surface area contributed by atoms with Crippen LogP contribution in [0.5, 0.6) is 0 Å². The van der Waals surface area contributed by atoms with Gasteiger partial charge in [0.15, 0.2) is 0 Å². The lowest BCUT2D eigenvalue weighted by Crippen LogP contribution is -2.55. The summed E-state index contributed by atoms with van der Waals surface area (Å²) in [6, 6.07) is 7.25. The highest BCUT2D eigenvalue weighted by molar-refractivity contribution is 6.01. The molecule has 1 aromatic rings. The van der Waals surface area contributed by atoms with E-state index in [-0.39, 0.29) is 6.10 Å². The highest BCUT2D eigenvalue weighted by atomic mass is 16.6. The van der Waals surface area contributed by atoms with Gasteiger partial charge >= 0.3 is 0 Å². The summed E-state index contributed by atoms with van der Waals surface area (Å²) in [5.41, 5.74) is 2.53. The first-order valence-electron chi connectivity index (χ1n) is 5.42. The molecule has 0 saturated carbocycles. The van der Waals surface area contributed by atoms with E-state index in [1.807, 2.05) is 17.3 Å². The van der Waals surface area contributed by atoms with Gasteiger partial charge in [-0.1, -0.05) is 19.0 Å². The van der Waals surface area contributed by atoms with E-state index in [0.717, 1.165) is 17.7 Å². The molecular formula is C12H15N2O2+. The lowest BCUT2D eigenvalue weighted by molar-refractivity contribution is -0.379. The van der Waals surface area contributed by atoms with Crippen LogP contribution in [0.4, 0.5) is 5.69 Å². The Bertz CT molecular complexity index is 410. The quantitative estimate of drug-likeness (QED) is 0.833. The molecule has 4 nitrogen and oxygen atoms in total. The average Bonchev–Trinajstić information content (AvgIpc) is 2.78. The maximum Gasteiger partial charge on any atom is 0.253 e. The third kappa shape index (κ3) is 2.10. The Balaban J connectivity index is 2.11. The zero-order chi connectivity index (χ0) is 11.5. The van der Waals surface area contributed by atoms with Crippen LogP contribution in [0.15, 0.2) is 29.4 Å². The van der Waals surface area contributed by atoms with Crippen molar-refractivity contribution in [2.24, 2.45) is 11.1 Å². The zero-order valence-corrected chi connectivity index (χ0v) is 9.43. The molecule has 1 unspecified atom stereocenters. The van der Waals surface area contributed by atoms with Crippen LogP contribution in [0, 0.1) is 10.8 Å².